The predicted octanol–water partition coefficient (Wildman–Crippen LogP) is 3.40. The fourth-order valence-electron chi connectivity index (χ4n) is 3.27. The number of ether oxygens (including phenoxy) is 1. The number of carbonyl (C=O) groups is 1. The largest absolute Gasteiger partial charge is 0.388 e. The second-order valence-electron chi connectivity index (χ2n) is 6.64. The molecule has 0 spiro atoms. The number of aliphatic hydroxyl groups is 1. The number of hydrogen-bond acceptors (Lipinski definition) is 4. The standard InChI is InChI=1S/C19H16Cl3N3O3/c20-11-3-13-15(22)7-25(19(13)14(21)4-11)12-1-10(5-23-6-12)2-18(27)24-16-8-28-9-17(16)26/h1,3-7,16-17,26H,2,8-9H2,(H,24,27)/t16-,17-/m1/s1. The topological polar surface area (TPSA) is 76.4 Å². The molecule has 9 heteroatoms. The van der Waals surface area contributed by atoms with Crippen LogP contribution in [-0.2, 0) is 16.0 Å². The lowest BCUT2D eigenvalue weighted by atomic mass is 10.1. The zero-order valence-electron chi connectivity index (χ0n) is 14.5. The Morgan fingerprint density at radius 1 is 1.21 bits per heavy atom. The Kier molecular flexibility index (Phi) is 5.49. The minimum absolute atomic E-state index is 0.122. The smallest absolute Gasteiger partial charge is 0.224 e. The SMILES string of the molecule is O=C(Cc1cncc(-n2cc(Cl)c3cc(Cl)cc(Cl)c32)c1)N[C@@H]1COC[C@H]1O. The first kappa shape index (κ1) is 19.5. The third-order valence-electron chi connectivity index (χ3n) is 4.59. The first-order valence-electron chi connectivity index (χ1n) is 8.57. The highest BCUT2D eigenvalue weighted by atomic mass is 35.5. The number of amides is 1. The number of benzene rings is 1. The Labute approximate surface area is 176 Å². The van der Waals surface area contributed by atoms with Gasteiger partial charge in [-0.3, -0.25) is 9.78 Å². The van der Waals surface area contributed by atoms with Crippen molar-refractivity contribution in [2.75, 3.05) is 13.2 Å². The molecule has 2 aromatic heterocycles. The van der Waals surface area contributed by atoms with Gasteiger partial charge in [0, 0.05) is 22.8 Å². The van der Waals surface area contributed by atoms with E-state index in [4.69, 9.17) is 39.5 Å². The van der Waals surface area contributed by atoms with E-state index in [2.05, 4.69) is 10.3 Å². The molecule has 146 valence electrons. The van der Waals surface area contributed by atoms with Crippen molar-refractivity contribution in [3.8, 4) is 5.69 Å². The van der Waals surface area contributed by atoms with Gasteiger partial charge in [0.15, 0.2) is 0 Å². The fourth-order valence-corrected chi connectivity index (χ4v) is 4.10. The van der Waals surface area contributed by atoms with Crippen molar-refractivity contribution in [3.05, 3.63) is 57.4 Å². The molecule has 2 N–H and O–H groups in total. The summed E-state index contributed by atoms with van der Waals surface area (Å²) in [6, 6.07) is 4.85. The molecule has 1 fully saturated rings. The number of nitrogens with zero attached hydrogens (tertiary/aromatic N) is 2. The third kappa shape index (κ3) is 3.83. The number of hydrogen-bond donors (Lipinski definition) is 2. The quantitative estimate of drug-likeness (QED) is 0.652. The number of carbonyl (C=O) groups excluding carboxylic acids is 1. The Morgan fingerprint density at radius 2 is 2.04 bits per heavy atom. The minimum atomic E-state index is -0.684. The summed E-state index contributed by atoms with van der Waals surface area (Å²) in [5, 5.41) is 14.7. The van der Waals surface area contributed by atoms with E-state index in [1.807, 2.05) is 10.6 Å². The van der Waals surface area contributed by atoms with Crippen LogP contribution >= 0.6 is 34.8 Å². The molecule has 1 saturated heterocycles. The summed E-state index contributed by atoms with van der Waals surface area (Å²) in [4.78, 5) is 16.5. The highest BCUT2D eigenvalue weighted by Gasteiger charge is 2.27. The lowest BCUT2D eigenvalue weighted by Crippen LogP contribution is -2.43. The number of nitrogens with one attached hydrogen (secondary N) is 1. The molecule has 1 aliphatic rings. The lowest BCUT2D eigenvalue weighted by molar-refractivity contribution is -0.121. The van der Waals surface area contributed by atoms with Crippen LogP contribution in [-0.4, -0.2) is 45.9 Å². The second kappa shape index (κ2) is 7.89. The molecule has 3 aromatic rings. The van der Waals surface area contributed by atoms with Crippen LogP contribution < -0.4 is 5.32 Å². The highest BCUT2D eigenvalue weighted by Crippen LogP contribution is 2.35. The van der Waals surface area contributed by atoms with Crippen LogP contribution in [0.3, 0.4) is 0 Å². The molecule has 0 saturated carbocycles. The normalized spacial score (nSPS) is 19.3. The number of pyridine rings is 1. The summed E-state index contributed by atoms with van der Waals surface area (Å²) in [6.07, 6.45) is 4.46. The zero-order chi connectivity index (χ0) is 19.8. The van der Waals surface area contributed by atoms with Crippen LogP contribution in [0.4, 0.5) is 0 Å². The van der Waals surface area contributed by atoms with Gasteiger partial charge in [0.1, 0.15) is 0 Å². The van der Waals surface area contributed by atoms with E-state index in [1.54, 1.807) is 30.7 Å². The molecular weight excluding hydrogens is 425 g/mol. The number of aromatic nitrogens is 2. The van der Waals surface area contributed by atoms with Crippen molar-refractivity contribution in [3.63, 3.8) is 0 Å². The fraction of sp³-hybridized carbons (Fsp3) is 0.263. The van der Waals surface area contributed by atoms with Crippen LogP contribution in [0, 0.1) is 0 Å². The van der Waals surface area contributed by atoms with E-state index < -0.39 is 6.10 Å². The molecule has 3 heterocycles. The van der Waals surface area contributed by atoms with Gasteiger partial charge >= 0.3 is 0 Å². The van der Waals surface area contributed by atoms with Gasteiger partial charge in [-0.15, -0.1) is 0 Å². The van der Waals surface area contributed by atoms with Gasteiger partial charge in [0.25, 0.3) is 0 Å². The van der Waals surface area contributed by atoms with Gasteiger partial charge in [0.05, 0.1) is 59.2 Å². The first-order valence-corrected chi connectivity index (χ1v) is 9.71. The average Bonchev–Trinajstić information content (AvgIpc) is 3.19. The van der Waals surface area contributed by atoms with Crippen LogP contribution in [0.5, 0.6) is 0 Å². The first-order chi connectivity index (χ1) is 13.4. The van der Waals surface area contributed by atoms with E-state index in [1.165, 1.54) is 0 Å². The molecule has 2 atom stereocenters. The highest BCUT2D eigenvalue weighted by molar-refractivity contribution is 6.42. The maximum atomic E-state index is 12.3. The van der Waals surface area contributed by atoms with Gasteiger partial charge in [-0.25, -0.2) is 0 Å². The lowest BCUT2D eigenvalue weighted by Gasteiger charge is -2.14. The van der Waals surface area contributed by atoms with Crippen molar-refractivity contribution in [2.45, 2.75) is 18.6 Å². The van der Waals surface area contributed by atoms with E-state index in [-0.39, 0.29) is 25.0 Å². The summed E-state index contributed by atoms with van der Waals surface area (Å²) < 4.78 is 6.96. The van der Waals surface area contributed by atoms with Crippen LogP contribution in [0.25, 0.3) is 16.6 Å². The summed E-state index contributed by atoms with van der Waals surface area (Å²) in [7, 11) is 0. The number of rotatable bonds is 4. The van der Waals surface area contributed by atoms with Gasteiger partial charge < -0.3 is 19.7 Å². The van der Waals surface area contributed by atoms with Gasteiger partial charge in [-0.05, 0) is 23.8 Å². The molecule has 1 aromatic carbocycles. The molecule has 0 radical (unpaired) electrons. The predicted molar refractivity (Wildman–Crippen MR) is 109 cm³/mol. The van der Waals surface area contributed by atoms with E-state index >= 15 is 0 Å². The second-order valence-corrected chi connectivity index (χ2v) is 7.89. The van der Waals surface area contributed by atoms with Gasteiger partial charge in [0.2, 0.25) is 5.91 Å². The van der Waals surface area contributed by atoms with Crippen molar-refractivity contribution < 1.29 is 14.6 Å². The minimum Gasteiger partial charge on any atom is -0.388 e. The Bertz CT molecular complexity index is 1050. The van der Waals surface area contributed by atoms with E-state index in [0.29, 0.717) is 32.8 Å². The molecular formula is C19H16Cl3N3O3. The van der Waals surface area contributed by atoms with Crippen molar-refractivity contribution >= 4 is 51.6 Å². The molecule has 0 bridgehead atoms. The Balaban J connectivity index is 1.61. The van der Waals surface area contributed by atoms with Crippen LogP contribution in [0.1, 0.15) is 5.56 Å². The van der Waals surface area contributed by atoms with Crippen LogP contribution in [0.15, 0.2) is 36.8 Å². The molecule has 1 aliphatic heterocycles. The molecule has 0 aliphatic carbocycles. The number of halogens is 3. The maximum absolute atomic E-state index is 12.3. The van der Waals surface area contributed by atoms with Gasteiger partial charge in [-0.1, -0.05) is 34.8 Å². The molecule has 1 amide bonds. The molecule has 0 unspecified atom stereocenters. The van der Waals surface area contributed by atoms with Gasteiger partial charge in [-0.2, -0.15) is 0 Å². The summed E-state index contributed by atoms with van der Waals surface area (Å²) >= 11 is 18.8. The van der Waals surface area contributed by atoms with Crippen molar-refractivity contribution in [2.24, 2.45) is 0 Å². The Hall–Kier alpha value is -1.83. The molecule has 4 rings (SSSR count). The average molecular weight is 441 g/mol. The number of fused-ring (bicyclic) bond motifs is 1. The van der Waals surface area contributed by atoms with E-state index in [0.717, 1.165) is 11.1 Å². The maximum Gasteiger partial charge on any atom is 0.224 e. The summed E-state index contributed by atoms with van der Waals surface area (Å²) in [5.74, 6) is -0.214. The number of aliphatic hydroxyl groups excluding tert-OH is 1. The zero-order valence-corrected chi connectivity index (χ0v) is 16.8. The molecule has 6 nitrogen and oxygen atoms in total. The van der Waals surface area contributed by atoms with E-state index in [9.17, 15) is 9.90 Å². The third-order valence-corrected chi connectivity index (χ3v) is 5.40. The Morgan fingerprint density at radius 3 is 2.79 bits per heavy atom. The van der Waals surface area contributed by atoms with Crippen molar-refractivity contribution in [1.29, 1.82) is 0 Å². The summed E-state index contributed by atoms with van der Waals surface area (Å²) in [5.41, 5.74) is 2.15. The van der Waals surface area contributed by atoms with Crippen molar-refractivity contribution in [1.82, 2.24) is 14.9 Å². The monoisotopic (exact) mass is 439 g/mol. The van der Waals surface area contributed by atoms with Crippen LogP contribution in [0.2, 0.25) is 15.1 Å². The summed E-state index contributed by atoms with van der Waals surface area (Å²) in [6.45, 7) is 0.536. The molecule has 28 heavy (non-hydrogen) atoms.